The minimum Gasteiger partial charge on any atom is -0.467 e. The molecule has 1 aliphatic rings. The predicted molar refractivity (Wildman–Crippen MR) is 99.7 cm³/mol. The van der Waals surface area contributed by atoms with Crippen LogP contribution in [0.25, 0.3) is 0 Å². The number of amides is 2. The van der Waals surface area contributed by atoms with Crippen LogP contribution in [0.1, 0.15) is 29.5 Å². The minimum atomic E-state index is -0.293. The summed E-state index contributed by atoms with van der Waals surface area (Å²) in [5, 5.41) is 3.05. The Hall–Kier alpha value is -2.67. The fourth-order valence-electron chi connectivity index (χ4n) is 3.14. The molecule has 27 heavy (non-hydrogen) atoms. The van der Waals surface area contributed by atoms with Crippen LogP contribution in [0.4, 0.5) is 9.18 Å². The highest BCUT2D eigenvalue weighted by Gasteiger charge is 2.26. The molecule has 4 rings (SSSR count). The molecule has 1 aromatic carbocycles. The number of halogens is 1. The SMILES string of the molecule is O=C(NC1CCSc2ccc(F)cc21)N(Cc1ccco1)Cc1ccco1. The molecule has 0 saturated carbocycles. The first kappa shape index (κ1) is 17.7. The Morgan fingerprint density at radius 2 is 1.85 bits per heavy atom. The van der Waals surface area contributed by atoms with Gasteiger partial charge in [0.25, 0.3) is 0 Å². The van der Waals surface area contributed by atoms with Crippen LogP contribution in [-0.2, 0) is 13.1 Å². The van der Waals surface area contributed by atoms with Crippen molar-refractivity contribution in [2.75, 3.05) is 5.75 Å². The number of hydrogen-bond acceptors (Lipinski definition) is 4. The molecule has 0 aliphatic carbocycles. The molecule has 1 N–H and O–H groups in total. The van der Waals surface area contributed by atoms with E-state index in [9.17, 15) is 9.18 Å². The van der Waals surface area contributed by atoms with E-state index in [-0.39, 0.29) is 17.9 Å². The summed E-state index contributed by atoms with van der Waals surface area (Å²) in [6.45, 7) is 0.633. The van der Waals surface area contributed by atoms with E-state index in [1.807, 2.05) is 12.1 Å². The second-order valence-corrected chi connectivity index (χ2v) is 7.47. The molecule has 0 saturated heterocycles. The number of carbonyl (C=O) groups excluding carboxylic acids is 1. The zero-order chi connectivity index (χ0) is 18.6. The van der Waals surface area contributed by atoms with Gasteiger partial charge in [-0.25, -0.2) is 9.18 Å². The number of hydrogen-bond donors (Lipinski definition) is 1. The predicted octanol–water partition coefficient (Wildman–Crippen LogP) is 4.96. The molecule has 0 fully saturated rings. The van der Waals surface area contributed by atoms with Gasteiger partial charge in [-0.05, 0) is 54.4 Å². The van der Waals surface area contributed by atoms with E-state index in [2.05, 4.69) is 5.32 Å². The molecule has 2 amide bonds. The van der Waals surface area contributed by atoms with Crippen LogP contribution in [0.5, 0.6) is 0 Å². The smallest absolute Gasteiger partial charge is 0.318 e. The Bertz CT molecular complexity index is 860. The summed E-state index contributed by atoms with van der Waals surface area (Å²) in [5.41, 5.74) is 0.829. The number of urea groups is 1. The van der Waals surface area contributed by atoms with Gasteiger partial charge >= 0.3 is 6.03 Å². The number of benzene rings is 1. The molecule has 3 aromatic rings. The Kier molecular flexibility index (Phi) is 5.20. The van der Waals surface area contributed by atoms with E-state index in [1.54, 1.807) is 47.4 Å². The number of rotatable bonds is 5. The molecule has 0 radical (unpaired) electrons. The maximum absolute atomic E-state index is 13.7. The zero-order valence-corrected chi connectivity index (χ0v) is 15.4. The molecule has 7 heteroatoms. The van der Waals surface area contributed by atoms with Crippen molar-refractivity contribution >= 4 is 17.8 Å². The number of carbonyl (C=O) groups is 1. The lowest BCUT2D eigenvalue weighted by molar-refractivity contribution is 0.177. The highest BCUT2D eigenvalue weighted by atomic mass is 32.2. The van der Waals surface area contributed by atoms with Crippen LogP contribution in [0.3, 0.4) is 0 Å². The quantitative estimate of drug-likeness (QED) is 0.673. The van der Waals surface area contributed by atoms with Crippen molar-refractivity contribution in [3.8, 4) is 0 Å². The van der Waals surface area contributed by atoms with Gasteiger partial charge in [0, 0.05) is 10.6 Å². The molecule has 1 atom stereocenters. The average Bonchev–Trinajstić information content (AvgIpc) is 3.36. The normalized spacial score (nSPS) is 16.0. The molecular weight excluding hydrogens is 367 g/mol. The van der Waals surface area contributed by atoms with Gasteiger partial charge in [-0.3, -0.25) is 0 Å². The number of furan rings is 2. The molecule has 140 valence electrons. The monoisotopic (exact) mass is 386 g/mol. The summed E-state index contributed by atoms with van der Waals surface area (Å²) in [7, 11) is 0. The fourth-order valence-corrected chi connectivity index (χ4v) is 4.24. The van der Waals surface area contributed by atoms with Crippen molar-refractivity contribution in [3.05, 3.63) is 77.9 Å². The van der Waals surface area contributed by atoms with E-state index in [0.717, 1.165) is 22.6 Å². The highest BCUT2D eigenvalue weighted by molar-refractivity contribution is 7.99. The Morgan fingerprint density at radius 1 is 1.15 bits per heavy atom. The van der Waals surface area contributed by atoms with Gasteiger partial charge in [-0.2, -0.15) is 0 Å². The number of nitrogens with zero attached hydrogens (tertiary/aromatic N) is 1. The summed E-state index contributed by atoms with van der Waals surface area (Å²) >= 11 is 1.68. The van der Waals surface area contributed by atoms with Crippen molar-refractivity contribution in [1.82, 2.24) is 10.2 Å². The van der Waals surface area contributed by atoms with Gasteiger partial charge in [0.2, 0.25) is 0 Å². The third-order valence-electron chi connectivity index (χ3n) is 4.45. The first-order valence-corrected chi connectivity index (χ1v) is 9.70. The molecule has 1 aliphatic heterocycles. The Balaban J connectivity index is 1.52. The van der Waals surface area contributed by atoms with Crippen molar-refractivity contribution in [2.24, 2.45) is 0 Å². The number of thioether (sulfide) groups is 1. The van der Waals surface area contributed by atoms with Crippen molar-refractivity contribution < 1.29 is 18.0 Å². The fraction of sp³-hybridized carbons (Fsp3) is 0.250. The van der Waals surface area contributed by atoms with Gasteiger partial charge in [-0.15, -0.1) is 11.8 Å². The molecule has 0 bridgehead atoms. The van der Waals surface area contributed by atoms with Crippen LogP contribution in [0, 0.1) is 5.82 Å². The number of fused-ring (bicyclic) bond motifs is 1. The lowest BCUT2D eigenvalue weighted by Crippen LogP contribution is -2.41. The van der Waals surface area contributed by atoms with Crippen LogP contribution >= 0.6 is 11.8 Å². The first-order chi connectivity index (χ1) is 13.2. The third-order valence-corrected chi connectivity index (χ3v) is 5.57. The summed E-state index contributed by atoms with van der Waals surface area (Å²) < 4.78 is 24.5. The molecule has 1 unspecified atom stereocenters. The molecular formula is C20H19FN2O3S. The summed E-state index contributed by atoms with van der Waals surface area (Å²) in [6.07, 6.45) is 3.91. The maximum Gasteiger partial charge on any atom is 0.318 e. The van der Waals surface area contributed by atoms with Crippen LogP contribution in [-0.4, -0.2) is 16.7 Å². The van der Waals surface area contributed by atoms with Crippen LogP contribution in [0.2, 0.25) is 0 Å². The van der Waals surface area contributed by atoms with Gasteiger partial charge < -0.3 is 19.1 Å². The Labute approximate surface area is 160 Å². The largest absolute Gasteiger partial charge is 0.467 e. The van der Waals surface area contributed by atoms with E-state index in [4.69, 9.17) is 8.83 Å². The van der Waals surface area contributed by atoms with Crippen molar-refractivity contribution in [1.29, 1.82) is 0 Å². The standard InChI is InChI=1S/C20H19FN2O3S/c21-14-5-6-19-17(11-14)18(7-10-27-19)22-20(24)23(12-15-3-1-8-25-15)13-16-4-2-9-26-16/h1-6,8-9,11,18H,7,10,12-13H2,(H,22,24). The van der Waals surface area contributed by atoms with E-state index < -0.39 is 0 Å². The molecule has 0 spiro atoms. The zero-order valence-electron chi connectivity index (χ0n) is 14.6. The van der Waals surface area contributed by atoms with Gasteiger partial charge in [0.05, 0.1) is 31.7 Å². The van der Waals surface area contributed by atoms with Crippen molar-refractivity contribution in [2.45, 2.75) is 30.4 Å². The average molecular weight is 386 g/mol. The van der Waals surface area contributed by atoms with Crippen LogP contribution in [0.15, 0.2) is 68.7 Å². The molecule has 2 aromatic heterocycles. The van der Waals surface area contributed by atoms with Crippen LogP contribution < -0.4 is 5.32 Å². The Morgan fingerprint density at radius 3 is 2.48 bits per heavy atom. The second-order valence-electron chi connectivity index (χ2n) is 6.34. The summed E-state index contributed by atoms with van der Waals surface area (Å²) in [6, 6.07) is 11.5. The molecule has 5 nitrogen and oxygen atoms in total. The van der Waals surface area contributed by atoms with E-state index in [0.29, 0.717) is 24.6 Å². The third kappa shape index (κ3) is 4.19. The van der Waals surface area contributed by atoms with Gasteiger partial charge in [0.1, 0.15) is 17.3 Å². The lowest BCUT2D eigenvalue weighted by Gasteiger charge is -2.29. The second kappa shape index (κ2) is 7.92. The van der Waals surface area contributed by atoms with Gasteiger partial charge in [0.15, 0.2) is 0 Å². The van der Waals surface area contributed by atoms with Gasteiger partial charge in [-0.1, -0.05) is 0 Å². The van der Waals surface area contributed by atoms with Crippen molar-refractivity contribution in [3.63, 3.8) is 0 Å². The summed E-state index contributed by atoms with van der Waals surface area (Å²) in [4.78, 5) is 15.6. The first-order valence-electron chi connectivity index (χ1n) is 8.71. The molecule has 3 heterocycles. The summed E-state index contributed by atoms with van der Waals surface area (Å²) in [5.74, 6) is 1.95. The minimum absolute atomic E-state index is 0.222. The lowest BCUT2D eigenvalue weighted by atomic mass is 10.0. The van der Waals surface area contributed by atoms with E-state index in [1.165, 1.54) is 12.1 Å². The van der Waals surface area contributed by atoms with E-state index >= 15 is 0 Å². The number of nitrogens with one attached hydrogen (secondary N) is 1. The topological polar surface area (TPSA) is 58.6 Å². The highest BCUT2D eigenvalue weighted by Crippen LogP contribution is 2.36. The maximum atomic E-state index is 13.7.